The zero-order chi connectivity index (χ0) is 13.8. The second kappa shape index (κ2) is 5.95. The normalized spacial score (nSPS) is 12.9. The molecule has 1 unspecified atom stereocenters. The third-order valence-electron chi connectivity index (χ3n) is 2.68. The molecule has 0 aliphatic carbocycles. The van der Waals surface area contributed by atoms with Crippen molar-refractivity contribution in [1.29, 1.82) is 0 Å². The van der Waals surface area contributed by atoms with Crippen molar-refractivity contribution >= 4 is 0 Å². The third kappa shape index (κ3) is 3.62. The topological polar surface area (TPSA) is 74.2 Å². The number of aromatic nitrogens is 2. The van der Waals surface area contributed by atoms with Gasteiger partial charge in [0.25, 0.3) is 5.89 Å². The first-order valence-corrected chi connectivity index (χ1v) is 6.34. The summed E-state index contributed by atoms with van der Waals surface area (Å²) in [6.45, 7) is 6.33. The van der Waals surface area contributed by atoms with Crippen molar-refractivity contribution in [3.8, 4) is 11.5 Å². The van der Waals surface area contributed by atoms with E-state index in [0.717, 1.165) is 5.56 Å². The molecule has 2 N–H and O–H groups in total. The van der Waals surface area contributed by atoms with E-state index in [-0.39, 0.29) is 12.1 Å². The van der Waals surface area contributed by atoms with Crippen LogP contribution in [0.25, 0.3) is 11.5 Å². The second-order valence-electron chi connectivity index (χ2n) is 4.81. The average Bonchev–Trinajstić information content (AvgIpc) is 2.86. The van der Waals surface area contributed by atoms with Crippen LogP contribution in [0, 0.1) is 6.92 Å². The highest BCUT2D eigenvalue weighted by Crippen LogP contribution is 2.19. The number of hydrogen-bond acceptors (Lipinski definition) is 5. The number of ether oxygens (including phenoxy) is 1. The quantitative estimate of drug-likeness (QED) is 0.895. The molecule has 0 aliphatic heterocycles. The molecule has 5 heteroatoms. The minimum atomic E-state index is -0.370. The molecule has 2 rings (SSSR count). The molecule has 19 heavy (non-hydrogen) atoms. The van der Waals surface area contributed by atoms with E-state index in [1.165, 1.54) is 5.56 Å². The van der Waals surface area contributed by atoms with E-state index in [4.69, 9.17) is 15.0 Å². The Morgan fingerprint density at radius 3 is 2.58 bits per heavy atom. The summed E-state index contributed by atoms with van der Waals surface area (Å²) in [5.74, 6) is 0.950. The van der Waals surface area contributed by atoms with E-state index in [2.05, 4.69) is 10.1 Å². The summed E-state index contributed by atoms with van der Waals surface area (Å²) < 4.78 is 10.7. The molecule has 0 aliphatic rings. The highest BCUT2D eigenvalue weighted by molar-refractivity contribution is 5.53. The Kier molecular flexibility index (Phi) is 4.29. The number of nitrogens with two attached hydrogens (primary N) is 1. The lowest BCUT2D eigenvalue weighted by Crippen LogP contribution is -2.20. The van der Waals surface area contributed by atoms with Crippen molar-refractivity contribution in [1.82, 2.24) is 10.1 Å². The molecule has 5 nitrogen and oxygen atoms in total. The van der Waals surface area contributed by atoms with Gasteiger partial charge in [0.2, 0.25) is 0 Å². The van der Waals surface area contributed by atoms with Gasteiger partial charge in [-0.15, -0.1) is 0 Å². The van der Waals surface area contributed by atoms with E-state index >= 15 is 0 Å². The van der Waals surface area contributed by atoms with Crippen LogP contribution in [-0.4, -0.2) is 22.9 Å². The highest BCUT2D eigenvalue weighted by Gasteiger charge is 2.15. The van der Waals surface area contributed by atoms with Gasteiger partial charge in [-0.2, -0.15) is 4.98 Å². The Hall–Kier alpha value is -1.72. The molecular weight excluding hydrogens is 242 g/mol. The summed E-state index contributed by atoms with van der Waals surface area (Å²) in [7, 11) is 0. The summed E-state index contributed by atoms with van der Waals surface area (Å²) >= 11 is 0. The lowest BCUT2D eigenvalue weighted by Gasteiger charge is -2.10. The minimum absolute atomic E-state index is 0.134. The Morgan fingerprint density at radius 2 is 1.95 bits per heavy atom. The van der Waals surface area contributed by atoms with Gasteiger partial charge >= 0.3 is 0 Å². The fourth-order valence-electron chi connectivity index (χ4n) is 1.57. The zero-order valence-corrected chi connectivity index (χ0v) is 11.5. The van der Waals surface area contributed by atoms with Gasteiger partial charge < -0.3 is 15.0 Å². The molecule has 2 aromatic rings. The monoisotopic (exact) mass is 261 g/mol. The second-order valence-corrected chi connectivity index (χ2v) is 4.81. The van der Waals surface area contributed by atoms with E-state index in [9.17, 15) is 0 Å². The van der Waals surface area contributed by atoms with Gasteiger partial charge in [-0.3, -0.25) is 0 Å². The number of rotatable bonds is 5. The number of benzene rings is 1. The summed E-state index contributed by atoms with van der Waals surface area (Å²) in [5.41, 5.74) is 8.02. The predicted octanol–water partition coefficient (Wildman–Crippen LogP) is 2.47. The van der Waals surface area contributed by atoms with Crippen molar-refractivity contribution in [3.05, 3.63) is 35.7 Å². The standard InChI is InChI=1S/C14H19N3O2/c1-9(2)18-8-12(15)13-16-14(19-17-13)11-6-4-10(3)5-7-11/h4-7,9,12H,8,15H2,1-3H3. The van der Waals surface area contributed by atoms with Crippen LogP contribution in [0.1, 0.15) is 31.3 Å². The first-order valence-electron chi connectivity index (χ1n) is 6.34. The first-order chi connectivity index (χ1) is 9.06. The third-order valence-corrected chi connectivity index (χ3v) is 2.68. The SMILES string of the molecule is Cc1ccc(-c2nc(C(N)COC(C)C)no2)cc1. The Labute approximate surface area is 112 Å². The van der Waals surface area contributed by atoms with Crippen LogP contribution in [-0.2, 0) is 4.74 Å². The van der Waals surface area contributed by atoms with Crippen LogP contribution in [0.15, 0.2) is 28.8 Å². The summed E-state index contributed by atoms with van der Waals surface area (Å²) in [5, 5.41) is 3.90. The summed E-state index contributed by atoms with van der Waals surface area (Å²) in [4.78, 5) is 4.31. The molecular formula is C14H19N3O2. The molecule has 1 heterocycles. The summed E-state index contributed by atoms with van der Waals surface area (Å²) in [6.07, 6.45) is 0.134. The predicted molar refractivity (Wildman–Crippen MR) is 72.5 cm³/mol. The maximum atomic E-state index is 5.95. The molecule has 0 saturated carbocycles. The van der Waals surface area contributed by atoms with Crippen LogP contribution in [0.3, 0.4) is 0 Å². The largest absolute Gasteiger partial charge is 0.377 e. The van der Waals surface area contributed by atoms with Gasteiger partial charge in [0.1, 0.15) is 0 Å². The van der Waals surface area contributed by atoms with Gasteiger partial charge in [0, 0.05) is 5.56 Å². The lowest BCUT2D eigenvalue weighted by molar-refractivity contribution is 0.0665. The zero-order valence-electron chi connectivity index (χ0n) is 11.5. The van der Waals surface area contributed by atoms with Gasteiger partial charge in [-0.05, 0) is 32.9 Å². The highest BCUT2D eigenvalue weighted by atomic mass is 16.5. The maximum absolute atomic E-state index is 5.95. The van der Waals surface area contributed by atoms with E-state index in [1.807, 2.05) is 45.0 Å². The first kappa shape index (κ1) is 13.7. The number of nitrogens with zero attached hydrogens (tertiary/aromatic N) is 2. The molecule has 1 aromatic heterocycles. The molecule has 0 amide bonds. The molecule has 0 radical (unpaired) electrons. The van der Waals surface area contributed by atoms with Crippen molar-refractivity contribution in [3.63, 3.8) is 0 Å². The fourth-order valence-corrected chi connectivity index (χ4v) is 1.57. The van der Waals surface area contributed by atoms with E-state index in [0.29, 0.717) is 18.3 Å². The molecule has 0 saturated heterocycles. The summed E-state index contributed by atoms with van der Waals surface area (Å²) in [6, 6.07) is 7.53. The Balaban J connectivity index is 2.08. The van der Waals surface area contributed by atoms with Crippen molar-refractivity contribution in [2.75, 3.05) is 6.61 Å². The molecule has 0 spiro atoms. The molecule has 102 valence electrons. The van der Waals surface area contributed by atoms with Gasteiger partial charge in [0.15, 0.2) is 5.82 Å². The van der Waals surface area contributed by atoms with Crippen LogP contribution >= 0.6 is 0 Å². The molecule has 1 aromatic carbocycles. The van der Waals surface area contributed by atoms with E-state index < -0.39 is 0 Å². The fraction of sp³-hybridized carbons (Fsp3) is 0.429. The lowest BCUT2D eigenvalue weighted by atomic mass is 10.1. The van der Waals surface area contributed by atoms with Crippen LogP contribution in [0.4, 0.5) is 0 Å². The Morgan fingerprint density at radius 1 is 1.26 bits per heavy atom. The van der Waals surface area contributed by atoms with Crippen molar-refractivity contribution in [2.45, 2.75) is 32.9 Å². The molecule has 1 atom stereocenters. The van der Waals surface area contributed by atoms with Crippen LogP contribution in [0.5, 0.6) is 0 Å². The van der Waals surface area contributed by atoms with Crippen molar-refractivity contribution < 1.29 is 9.26 Å². The average molecular weight is 261 g/mol. The van der Waals surface area contributed by atoms with Crippen molar-refractivity contribution in [2.24, 2.45) is 5.73 Å². The smallest absolute Gasteiger partial charge is 0.257 e. The van der Waals surface area contributed by atoms with Crippen LogP contribution < -0.4 is 5.73 Å². The van der Waals surface area contributed by atoms with Gasteiger partial charge in [-0.1, -0.05) is 22.9 Å². The maximum Gasteiger partial charge on any atom is 0.257 e. The molecule has 0 fully saturated rings. The van der Waals surface area contributed by atoms with Crippen LogP contribution in [0.2, 0.25) is 0 Å². The number of hydrogen-bond donors (Lipinski definition) is 1. The molecule has 0 bridgehead atoms. The van der Waals surface area contributed by atoms with Gasteiger partial charge in [-0.25, -0.2) is 0 Å². The number of aryl methyl sites for hydroxylation is 1. The minimum Gasteiger partial charge on any atom is -0.377 e. The van der Waals surface area contributed by atoms with Gasteiger partial charge in [0.05, 0.1) is 18.8 Å². The van der Waals surface area contributed by atoms with E-state index in [1.54, 1.807) is 0 Å². The Bertz CT molecular complexity index is 520.